The molecule has 1 aromatic heterocycles. The maximum absolute atomic E-state index is 6.08. The number of aromatic nitrogens is 2. The van der Waals surface area contributed by atoms with Gasteiger partial charge < -0.3 is 15.0 Å². The molecule has 0 fully saturated rings. The predicted molar refractivity (Wildman–Crippen MR) is 84.4 cm³/mol. The van der Waals surface area contributed by atoms with E-state index in [1.54, 1.807) is 7.11 Å². The summed E-state index contributed by atoms with van der Waals surface area (Å²) in [6.07, 6.45) is 0. The highest BCUT2D eigenvalue weighted by atomic mass is 16.5. The summed E-state index contributed by atoms with van der Waals surface area (Å²) in [6, 6.07) is 16.1. The van der Waals surface area contributed by atoms with Gasteiger partial charge in [-0.3, -0.25) is 0 Å². The number of rotatable bonds is 4. The lowest BCUT2D eigenvalue weighted by atomic mass is 10.2. The quantitative estimate of drug-likeness (QED) is 0.799. The number of imidazole rings is 1. The first-order chi connectivity index (χ1) is 10.2. The highest BCUT2D eigenvalue weighted by molar-refractivity contribution is 5.76. The van der Waals surface area contributed by atoms with E-state index in [4.69, 9.17) is 10.5 Å². The van der Waals surface area contributed by atoms with E-state index in [0.717, 1.165) is 29.2 Å². The van der Waals surface area contributed by atoms with E-state index in [-0.39, 0.29) is 6.04 Å². The van der Waals surface area contributed by atoms with Gasteiger partial charge in [-0.05, 0) is 36.8 Å². The molecule has 3 aromatic rings. The van der Waals surface area contributed by atoms with Crippen LogP contribution in [-0.4, -0.2) is 16.7 Å². The molecule has 0 aliphatic carbocycles. The molecule has 0 bridgehead atoms. The van der Waals surface area contributed by atoms with E-state index < -0.39 is 0 Å². The second-order valence-corrected chi connectivity index (χ2v) is 5.19. The van der Waals surface area contributed by atoms with Crippen molar-refractivity contribution in [3.05, 3.63) is 59.9 Å². The number of hydrogen-bond donors (Lipinski definition) is 1. The third kappa shape index (κ3) is 2.62. The largest absolute Gasteiger partial charge is 0.497 e. The SMILES string of the molecule is COc1cccc(Cn2c([C@H](C)N)nc3ccccc32)c1. The number of methoxy groups -OCH3 is 1. The van der Waals surface area contributed by atoms with Gasteiger partial charge in [0.25, 0.3) is 0 Å². The van der Waals surface area contributed by atoms with Crippen LogP contribution in [0.15, 0.2) is 48.5 Å². The van der Waals surface area contributed by atoms with Crippen molar-refractivity contribution >= 4 is 11.0 Å². The van der Waals surface area contributed by atoms with Crippen LogP contribution in [0.5, 0.6) is 5.75 Å². The van der Waals surface area contributed by atoms with Crippen molar-refractivity contribution < 1.29 is 4.74 Å². The topological polar surface area (TPSA) is 53.1 Å². The van der Waals surface area contributed by atoms with Crippen LogP contribution < -0.4 is 10.5 Å². The van der Waals surface area contributed by atoms with Crippen molar-refractivity contribution in [2.24, 2.45) is 5.73 Å². The van der Waals surface area contributed by atoms with Gasteiger partial charge >= 0.3 is 0 Å². The first kappa shape index (κ1) is 13.6. The molecule has 21 heavy (non-hydrogen) atoms. The minimum absolute atomic E-state index is 0.108. The Morgan fingerprint density at radius 3 is 2.76 bits per heavy atom. The second-order valence-electron chi connectivity index (χ2n) is 5.19. The number of hydrogen-bond acceptors (Lipinski definition) is 3. The third-order valence-corrected chi connectivity index (χ3v) is 3.57. The molecule has 4 heteroatoms. The molecule has 0 radical (unpaired) electrons. The Bertz CT molecular complexity index is 762. The summed E-state index contributed by atoms with van der Waals surface area (Å²) in [6.45, 7) is 2.69. The lowest BCUT2D eigenvalue weighted by Gasteiger charge is -2.12. The summed E-state index contributed by atoms with van der Waals surface area (Å²) >= 11 is 0. The van der Waals surface area contributed by atoms with E-state index in [9.17, 15) is 0 Å². The Hall–Kier alpha value is -2.33. The van der Waals surface area contributed by atoms with E-state index >= 15 is 0 Å². The van der Waals surface area contributed by atoms with E-state index in [1.165, 1.54) is 5.56 Å². The molecule has 2 aromatic carbocycles. The zero-order valence-electron chi connectivity index (χ0n) is 12.3. The lowest BCUT2D eigenvalue weighted by molar-refractivity contribution is 0.414. The normalized spacial score (nSPS) is 12.5. The van der Waals surface area contributed by atoms with E-state index in [1.807, 2.05) is 43.3 Å². The van der Waals surface area contributed by atoms with E-state index in [2.05, 4.69) is 21.7 Å². The number of para-hydroxylation sites is 2. The molecule has 0 saturated heterocycles. The highest BCUT2D eigenvalue weighted by Gasteiger charge is 2.13. The van der Waals surface area contributed by atoms with Crippen LogP contribution >= 0.6 is 0 Å². The van der Waals surface area contributed by atoms with Crippen molar-refractivity contribution in [2.45, 2.75) is 19.5 Å². The van der Waals surface area contributed by atoms with Crippen LogP contribution in [0.4, 0.5) is 0 Å². The molecule has 0 unspecified atom stereocenters. The first-order valence-electron chi connectivity index (χ1n) is 7.02. The fourth-order valence-corrected chi connectivity index (χ4v) is 2.56. The maximum Gasteiger partial charge on any atom is 0.126 e. The monoisotopic (exact) mass is 281 g/mol. The number of benzene rings is 2. The molecule has 0 amide bonds. The molecule has 0 spiro atoms. The zero-order valence-corrected chi connectivity index (χ0v) is 12.3. The van der Waals surface area contributed by atoms with Crippen LogP contribution in [0.1, 0.15) is 24.4 Å². The summed E-state index contributed by atoms with van der Waals surface area (Å²) in [5, 5.41) is 0. The van der Waals surface area contributed by atoms with E-state index in [0.29, 0.717) is 0 Å². The molecule has 0 aliphatic rings. The maximum atomic E-state index is 6.08. The minimum Gasteiger partial charge on any atom is -0.497 e. The lowest BCUT2D eigenvalue weighted by Crippen LogP contribution is -2.14. The predicted octanol–water partition coefficient (Wildman–Crippen LogP) is 3.11. The molecule has 1 atom stereocenters. The van der Waals surface area contributed by atoms with Crippen LogP contribution in [0, 0.1) is 0 Å². The third-order valence-electron chi connectivity index (χ3n) is 3.57. The van der Waals surface area contributed by atoms with Gasteiger partial charge in [0.15, 0.2) is 0 Å². The van der Waals surface area contributed by atoms with Gasteiger partial charge in [0.05, 0.1) is 24.2 Å². The van der Waals surface area contributed by atoms with Gasteiger partial charge in [-0.2, -0.15) is 0 Å². The molecular weight excluding hydrogens is 262 g/mol. The molecule has 0 saturated carbocycles. The van der Waals surface area contributed by atoms with Gasteiger partial charge in [-0.15, -0.1) is 0 Å². The fraction of sp³-hybridized carbons (Fsp3) is 0.235. The molecule has 2 N–H and O–H groups in total. The summed E-state index contributed by atoms with van der Waals surface area (Å²) in [4.78, 5) is 4.66. The van der Waals surface area contributed by atoms with Gasteiger partial charge in [-0.25, -0.2) is 4.98 Å². The average molecular weight is 281 g/mol. The smallest absolute Gasteiger partial charge is 0.126 e. The van der Waals surface area contributed by atoms with Crippen molar-refractivity contribution in [3.8, 4) is 5.75 Å². The summed E-state index contributed by atoms with van der Waals surface area (Å²) in [7, 11) is 1.68. The molecule has 1 heterocycles. The first-order valence-corrected chi connectivity index (χ1v) is 7.02. The van der Waals surface area contributed by atoms with Crippen molar-refractivity contribution in [2.75, 3.05) is 7.11 Å². The molecular formula is C17H19N3O. The highest BCUT2D eigenvalue weighted by Crippen LogP contribution is 2.22. The number of fused-ring (bicyclic) bond motifs is 1. The summed E-state index contributed by atoms with van der Waals surface area (Å²) in [5.74, 6) is 1.76. The van der Waals surface area contributed by atoms with Gasteiger partial charge in [0.2, 0.25) is 0 Å². The Morgan fingerprint density at radius 2 is 2.00 bits per heavy atom. The number of ether oxygens (including phenoxy) is 1. The summed E-state index contributed by atoms with van der Waals surface area (Å²) in [5.41, 5.74) is 9.33. The Morgan fingerprint density at radius 1 is 1.19 bits per heavy atom. The van der Waals surface area contributed by atoms with Gasteiger partial charge in [0.1, 0.15) is 11.6 Å². The molecule has 0 aliphatic heterocycles. The summed E-state index contributed by atoms with van der Waals surface area (Å²) < 4.78 is 7.46. The molecule has 4 nitrogen and oxygen atoms in total. The average Bonchev–Trinajstić information content (AvgIpc) is 2.87. The Balaban J connectivity index is 2.08. The number of nitrogens with two attached hydrogens (primary N) is 1. The van der Waals surface area contributed by atoms with Crippen molar-refractivity contribution in [3.63, 3.8) is 0 Å². The molecule has 108 valence electrons. The van der Waals surface area contributed by atoms with Crippen LogP contribution in [-0.2, 0) is 6.54 Å². The Labute approximate surface area is 124 Å². The van der Waals surface area contributed by atoms with Crippen molar-refractivity contribution in [1.82, 2.24) is 9.55 Å². The zero-order chi connectivity index (χ0) is 14.8. The minimum atomic E-state index is -0.108. The van der Waals surface area contributed by atoms with Crippen LogP contribution in [0.3, 0.4) is 0 Å². The Kier molecular flexibility index (Phi) is 3.62. The van der Waals surface area contributed by atoms with Gasteiger partial charge in [0, 0.05) is 6.54 Å². The fourth-order valence-electron chi connectivity index (χ4n) is 2.56. The number of nitrogens with zero attached hydrogens (tertiary/aromatic N) is 2. The van der Waals surface area contributed by atoms with Crippen LogP contribution in [0.2, 0.25) is 0 Å². The van der Waals surface area contributed by atoms with Gasteiger partial charge in [-0.1, -0.05) is 24.3 Å². The second kappa shape index (κ2) is 5.58. The van der Waals surface area contributed by atoms with Crippen molar-refractivity contribution in [1.29, 1.82) is 0 Å². The standard InChI is InChI=1S/C17H19N3O/c1-12(18)17-19-15-8-3-4-9-16(15)20(17)11-13-6-5-7-14(10-13)21-2/h3-10,12H,11,18H2,1-2H3/t12-/m0/s1. The molecule has 3 rings (SSSR count). The van der Waals surface area contributed by atoms with Crippen LogP contribution in [0.25, 0.3) is 11.0 Å².